The molecule has 2 aliphatic rings. The highest BCUT2D eigenvalue weighted by Gasteiger charge is 2.46. The number of hydrogen-bond donors (Lipinski definition) is 1. The number of rotatable bonds is 5. The predicted molar refractivity (Wildman–Crippen MR) is 111 cm³/mol. The van der Waals surface area contributed by atoms with E-state index in [2.05, 4.69) is 23.5 Å². The molecule has 2 fully saturated rings. The number of nitrogens with zero attached hydrogens (tertiary/aromatic N) is 1. The summed E-state index contributed by atoms with van der Waals surface area (Å²) >= 11 is 6.13. The largest absolute Gasteiger partial charge is 0.385 e. The van der Waals surface area contributed by atoms with Crippen LogP contribution in [-0.2, 0) is 10.2 Å². The van der Waals surface area contributed by atoms with Crippen molar-refractivity contribution in [2.45, 2.75) is 62.4 Å². The van der Waals surface area contributed by atoms with Crippen LogP contribution < -0.4 is 5.32 Å². The minimum absolute atomic E-state index is 0.0596. The van der Waals surface area contributed by atoms with Gasteiger partial charge in [0.15, 0.2) is 0 Å². The first-order valence-corrected chi connectivity index (χ1v) is 10.6. The van der Waals surface area contributed by atoms with Gasteiger partial charge in [0.1, 0.15) is 0 Å². The van der Waals surface area contributed by atoms with Crippen molar-refractivity contribution < 1.29 is 4.74 Å². The van der Waals surface area contributed by atoms with Crippen LogP contribution >= 0.6 is 11.6 Å². The molecule has 1 aromatic heterocycles. The highest BCUT2D eigenvalue weighted by molar-refractivity contribution is 6.30. The molecule has 1 saturated heterocycles. The maximum absolute atomic E-state index is 6.44. The Labute approximate surface area is 167 Å². The molecule has 1 aliphatic carbocycles. The average Bonchev–Trinajstić information content (AvgIpc) is 3.05. The molecule has 1 spiro atoms. The SMILES string of the molecule is Clc1cccc(NCC[C@@]2(c3ccccn3)CCCOC3(CCCC3)C2)c1. The van der Waals surface area contributed by atoms with Crippen LogP contribution in [0.1, 0.15) is 57.1 Å². The Hall–Kier alpha value is -1.58. The number of benzene rings is 1. The predicted octanol–water partition coefficient (Wildman–Crippen LogP) is 5.99. The van der Waals surface area contributed by atoms with Crippen molar-refractivity contribution >= 4 is 17.3 Å². The van der Waals surface area contributed by atoms with Crippen molar-refractivity contribution in [2.75, 3.05) is 18.5 Å². The van der Waals surface area contributed by atoms with Gasteiger partial charge in [0.25, 0.3) is 0 Å². The molecule has 0 radical (unpaired) electrons. The van der Waals surface area contributed by atoms with E-state index in [9.17, 15) is 0 Å². The summed E-state index contributed by atoms with van der Waals surface area (Å²) < 4.78 is 6.44. The van der Waals surface area contributed by atoms with Gasteiger partial charge in [-0.25, -0.2) is 0 Å². The quantitative estimate of drug-likeness (QED) is 0.687. The average molecular weight is 385 g/mol. The number of ether oxygens (including phenoxy) is 1. The van der Waals surface area contributed by atoms with E-state index < -0.39 is 0 Å². The highest BCUT2D eigenvalue weighted by atomic mass is 35.5. The molecule has 1 saturated carbocycles. The zero-order valence-corrected chi connectivity index (χ0v) is 16.7. The van der Waals surface area contributed by atoms with Crippen LogP contribution in [0.4, 0.5) is 5.69 Å². The molecule has 2 aromatic rings. The maximum atomic E-state index is 6.44. The van der Waals surface area contributed by atoms with Gasteiger partial charge in [0.2, 0.25) is 0 Å². The van der Waals surface area contributed by atoms with Gasteiger partial charge >= 0.3 is 0 Å². The Bertz CT molecular complexity index is 745. The fourth-order valence-electron chi connectivity index (χ4n) is 5.08. The molecule has 4 heteroatoms. The summed E-state index contributed by atoms with van der Waals surface area (Å²) in [6.07, 6.45) is 11.3. The van der Waals surface area contributed by atoms with Gasteiger partial charge in [0.05, 0.1) is 5.60 Å². The summed E-state index contributed by atoms with van der Waals surface area (Å²) in [5.41, 5.74) is 2.45. The van der Waals surface area contributed by atoms with E-state index in [-0.39, 0.29) is 11.0 Å². The lowest BCUT2D eigenvalue weighted by molar-refractivity contribution is -0.0458. The molecule has 1 N–H and O–H groups in total. The fourth-order valence-corrected chi connectivity index (χ4v) is 5.27. The number of anilines is 1. The van der Waals surface area contributed by atoms with E-state index in [1.165, 1.54) is 31.4 Å². The van der Waals surface area contributed by atoms with Crippen LogP contribution in [0.5, 0.6) is 0 Å². The first-order valence-electron chi connectivity index (χ1n) is 10.2. The van der Waals surface area contributed by atoms with Crippen LogP contribution in [-0.4, -0.2) is 23.7 Å². The monoisotopic (exact) mass is 384 g/mol. The van der Waals surface area contributed by atoms with Gasteiger partial charge in [-0.05, 0) is 68.9 Å². The van der Waals surface area contributed by atoms with Gasteiger partial charge in [-0.2, -0.15) is 0 Å². The molecule has 2 heterocycles. The lowest BCUT2D eigenvalue weighted by atomic mass is 9.69. The molecule has 0 amide bonds. The van der Waals surface area contributed by atoms with Crippen LogP contribution in [0.3, 0.4) is 0 Å². The second-order valence-electron chi connectivity index (χ2n) is 8.20. The molecule has 144 valence electrons. The minimum atomic E-state index is 0.0596. The molecule has 1 aliphatic heterocycles. The van der Waals surface area contributed by atoms with Crippen molar-refractivity contribution in [3.05, 3.63) is 59.4 Å². The van der Waals surface area contributed by atoms with E-state index in [0.717, 1.165) is 49.5 Å². The lowest BCUT2D eigenvalue weighted by Gasteiger charge is -2.39. The molecule has 4 rings (SSSR count). The topological polar surface area (TPSA) is 34.2 Å². The van der Waals surface area contributed by atoms with Crippen LogP contribution in [0, 0.1) is 0 Å². The summed E-state index contributed by atoms with van der Waals surface area (Å²) in [5.74, 6) is 0. The van der Waals surface area contributed by atoms with Crippen LogP contribution in [0.25, 0.3) is 0 Å². The number of nitrogens with one attached hydrogen (secondary N) is 1. The molecule has 0 bridgehead atoms. The minimum Gasteiger partial charge on any atom is -0.385 e. The van der Waals surface area contributed by atoms with E-state index >= 15 is 0 Å². The van der Waals surface area contributed by atoms with Crippen molar-refractivity contribution in [1.29, 1.82) is 0 Å². The van der Waals surface area contributed by atoms with E-state index in [1.807, 2.05) is 30.5 Å². The Balaban J connectivity index is 1.56. The van der Waals surface area contributed by atoms with E-state index in [1.54, 1.807) is 0 Å². The third-order valence-electron chi connectivity index (χ3n) is 6.35. The zero-order chi connectivity index (χ0) is 18.6. The third kappa shape index (κ3) is 4.30. The van der Waals surface area contributed by atoms with Gasteiger partial charge < -0.3 is 10.1 Å². The summed E-state index contributed by atoms with van der Waals surface area (Å²) in [6, 6.07) is 14.3. The second-order valence-corrected chi connectivity index (χ2v) is 8.64. The molecule has 0 unspecified atom stereocenters. The van der Waals surface area contributed by atoms with Gasteiger partial charge in [-0.3, -0.25) is 4.98 Å². The maximum Gasteiger partial charge on any atom is 0.0691 e. The van der Waals surface area contributed by atoms with Crippen molar-refractivity contribution in [3.8, 4) is 0 Å². The second kappa shape index (κ2) is 8.20. The zero-order valence-electron chi connectivity index (χ0n) is 15.9. The molecule has 27 heavy (non-hydrogen) atoms. The number of halogens is 1. The lowest BCUT2D eigenvalue weighted by Crippen LogP contribution is -2.39. The summed E-state index contributed by atoms with van der Waals surface area (Å²) in [7, 11) is 0. The number of pyridine rings is 1. The number of aromatic nitrogens is 1. The van der Waals surface area contributed by atoms with E-state index in [4.69, 9.17) is 21.3 Å². The smallest absolute Gasteiger partial charge is 0.0691 e. The van der Waals surface area contributed by atoms with Gasteiger partial charge in [-0.15, -0.1) is 0 Å². The standard InChI is InChI=1S/C23H29ClN2O/c24-19-7-5-8-20(17-19)25-15-13-22(21-9-1-4-14-26-21)10-6-16-27-23(18-22)11-2-3-12-23/h1,4-5,7-9,14,17,25H,2-3,6,10-13,15-16,18H2/t22-/m0/s1. The normalized spacial score (nSPS) is 24.6. The summed E-state index contributed by atoms with van der Waals surface area (Å²) in [6.45, 7) is 1.79. The van der Waals surface area contributed by atoms with Crippen molar-refractivity contribution in [1.82, 2.24) is 4.98 Å². The highest BCUT2D eigenvalue weighted by Crippen LogP contribution is 2.48. The third-order valence-corrected chi connectivity index (χ3v) is 6.58. The molecule has 1 atom stereocenters. The Kier molecular flexibility index (Phi) is 5.70. The van der Waals surface area contributed by atoms with E-state index in [0.29, 0.717) is 0 Å². The van der Waals surface area contributed by atoms with Crippen molar-refractivity contribution in [3.63, 3.8) is 0 Å². The molecular weight excluding hydrogens is 356 g/mol. The Morgan fingerprint density at radius 1 is 1.04 bits per heavy atom. The van der Waals surface area contributed by atoms with Gasteiger partial charge in [-0.1, -0.05) is 36.6 Å². The molecular formula is C23H29ClN2O. The van der Waals surface area contributed by atoms with Crippen molar-refractivity contribution in [2.24, 2.45) is 0 Å². The van der Waals surface area contributed by atoms with Crippen LogP contribution in [0.15, 0.2) is 48.7 Å². The van der Waals surface area contributed by atoms with Crippen LogP contribution in [0.2, 0.25) is 5.02 Å². The fraction of sp³-hybridized carbons (Fsp3) is 0.522. The summed E-state index contributed by atoms with van der Waals surface area (Å²) in [5, 5.41) is 4.34. The molecule has 3 nitrogen and oxygen atoms in total. The summed E-state index contributed by atoms with van der Waals surface area (Å²) in [4.78, 5) is 4.81. The Morgan fingerprint density at radius 3 is 2.70 bits per heavy atom. The first kappa shape index (κ1) is 18.8. The Morgan fingerprint density at radius 2 is 1.93 bits per heavy atom. The van der Waals surface area contributed by atoms with Gasteiger partial charge in [0, 0.05) is 41.2 Å². The first-order chi connectivity index (χ1) is 13.2. The number of hydrogen-bond acceptors (Lipinski definition) is 3. The molecule has 1 aromatic carbocycles.